The second-order valence-electron chi connectivity index (χ2n) is 5.64. The van der Waals surface area contributed by atoms with Gasteiger partial charge in [-0.05, 0) is 30.0 Å². The van der Waals surface area contributed by atoms with Gasteiger partial charge < -0.3 is 9.84 Å². The van der Waals surface area contributed by atoms with E-state index in [-0.39, 0.29) is 6.61 Å². The fourth-order valence-corrected chi connectivity index (χ4v) is 2.74. The lowest BCUT2D eigenvalue weighted by molar-refractivity contribution is 0.307. The highest BCUT2D eigenvalue weighted by atomic mass is 16.5. The van der Waals surface area contributed by atoms with Gasteiger partial charge in [0.2, 0.25) is 0 Å². The molecule has 1 fully saturated rings. The minimum absolute atomic E-state index is 0.109. The van der Waals surface area contributed by atoms with Gasteiger partial charge in [-0.2, -0.15) is 0 Å². The van der Waals surface area contributed by atoms with Gasteiger partial charge in [0.15, 0.2) is 0 Å². The van der Waals surface area contributed by atoms with Crippen LogP contribution in [0.25, 0.3) is 0 Å². The second-order valence-corrected chi connectivity index (χ2v) is 5.64. The Morgan fingerprint density at radius 1 is 1.30 bits per heavy atom. The number of methoxy groups -OCH3 is 1. The van der Waals surface area contributed by atoms with E-state index in [1.165, 1.54) is 5.56 Å². The molecule has 0 spiro atoms. The van der Waals surface area contributed by atoms with Crippen molar-refractivity contribution >= 4 is 0 Å². The smallest absolute Gasteiger partial charge is 0.123 e. The first-order chi connectivity index (χ1) is 9.63. The lowest BCUT2D eigenvalue weighted by Crippen LogP contribution is -2.20. The number of aliphatic hydroxyl groups excluding tert-OH is 1. The van der Waals surface area contributed by atoms with Crippen LogP contribution in [-0.4, -0.2) is 36.8 Å². The van der Waals surface area contributed by atoms with Crippen molar-refractivity contribution in [2.75, 3.05) is 26.8 Å². The first-order valence-electron chi connectivity index (χ1n) is 7.13. The van der Waals surface area contributed by atoms with Crippen LogP contribution in [0.1, 0.15) is 25.0 Å². The Morgan fingerprint density at radius 3 is 2.60 bits per heavy atom. The van der Waals surface area contributed by atoms with Crippen LogP contribution in [0.15, 0.2) is 18.2 Å². The number of likely N-dealkylation sites (tertiary alicyclic amines) is 1. The topological polar surface area (TPSA) is 32.7 Å². The molecule has 0 aromatic heterocycles. The summed E-state index contributed by atoms with van der Waals surface area (Å²) >= 11 is 0. The van der Waals surface area contributed by atoms with Gasteiger partial charge in [0.25, 0.3) is 0 Å². The Morgan fingerprint density at radius 2 is 2.00 bits per heavy atom. The summed E-state index contributed by atoms with van der Waals surface area (Å²) in [5, 5.41) is 8.78. The highest BCUT2D eigenvalue weighted by molar-refractivity contribution is 5.44. The molecule has 1 aliphatic rings. The lowest BCUT2D eigenvalue weighted by Gasteiger charge is -2.17. The van der Waals surface area contributed by atoms with Crippen molar-refractivity contribution in [1.82, 2.24) is 4.90 Å². The summed E-state index contributed by atoms with van der Waals surface area (Å²) in [5.41, 5.74) is 2.09. The van der Waals surface area contributed by atoms with E-state index >= 15 is 0 Å². The summed E-state index contributed by atoms with van der Waals surface area (Å²) in [7, 11) is 1.70. The van der Waals surface area contributed by atoms with Gasteiger partial charge in [0.1, 0.15) is 12.4 Å². The fourth-order valence-electron chi connectivity index (χ4n) is 2.74. The van der Waals surface area contributed by atoms with Crippen molar-refractivity contribution in [1.29, 1.82) is 0 Å². The number of hydrogen-bond acceptors (Lipinski definition) is 3. The molecule has 1 heterocycles. The molecule has 0 amide bonds. The SMILES string of the molecule is COc1ccc(C#CCO)cc1CN1CC(C)C(C)C1. The maximum absolute atomic E-state index is 8.78. The van der Waals surface area contributed by atoms with E-state index < -0.39 is 0 Å². The summed E-state index contributed by atoms with van der Waals surface area (Å²) in [6.07, 6.45) is 0. The molecule has 2 rings (SSSR count). The maximum atomic E-state index is 8.78. The first-order valence-corrected chi connectivity index (χ1v) is 7.13. The Kier molecular flexibility index (Phi) is 5.05. The van der Waals surface area contributed by atoms with Crippen LogP contribution in [0, 0.1) is 23.7 Å². The largest absolute Gasteiger partial charge is 0.496 e. The van der Waals surface area contributed by atoms with Crippen LogP contribution < -0.4 is 4.74 Å². The summed E-state index contributed by atoms with van der Waals surface area (Å²) < 4.78 is 5.44. The predicted molar refractivity (Wildman–Crippen MR) is 80.6 cm³/mol. The van der Waals surface area contributed by atoms with E-state index in [0.717, 1.165) is 42.8 Å². The Labute approximate surface area is 121 Å². The van der Waals surface area contributed by atoms with E-state index in [0.29, 0.717) is 0 Å². The number of hydrogen-bond donors (Lipinski definition) is 1. The van der Waals surface area contributed by atoms with Crippen molar-refractivity contribution in [2.24, 2.45) is 11.8 Å². The molecular weight excluding hydrogens is 250 g/mol. The summed E-state index contributed by atoms with van der Waals surface area (Å²) in [6.45, 7) is 7.68. The Hall–Kier alpha value is -1.50. The van der Waals surface area contributed by atoms with E-state index in [2.05, 4.69) is 36.7 Å². The maximum Gasteiger partial charge on any atom is 0.123 e. The Balaban J connectivity index is 2.16. The minimum Gasteiger partial charge on any atom is -0.496 e. The molecule has 3 heteroatoms. The highest BCUT2D eigenvalue weighted by Crippen LogP contribution is 2.27. The molecule has 0 bridgehead atoms. The van der Waals surface area contributed by atoms with Crippen molar-refractivity contribution < 1.29 is 9.84 Å². The summed E-state index contributed by atoms with van der Waals surface area (Å²) in [6, 6.07) is 5.95. The highest BCUT2D eigenvalue weighted by Gasteiger charge is 2.26. The third-order valence-corrected chi connectivity index (χ3v) is 4.05. The van der Waals surface area contributed by atoms with Gasteiger partial charge in [-0.3, -0.25) is 4.90 Å². The number of rotatable bonds is 3. The molecule has 108 valence electrons. The van der Waals surface area contributed by atoms with E-state index in [1.54, 1.807) is 7.11 Å². The zero-order valence-corrected chi connectivity index (χ0v) is 12.5. The molecule has 20 heavy (non-hydrogen) atoms. The van der Waals surface area contributed by atoms with Gasteiger partial charge in [-0.25, -0.2) is 0 Å². The van der Waals surface area contributed by atoms with Crippen LogP contribution in [0.3, 0.4) is 0 Å². The molecule has 1 aromatic carbocycles. The van der Waals surface area contributed by atoms with E-state index in [1.807, 2.05) is 12.1 Å². The van der Waals surface area contributed by atoms with Gasteiger partial charge in [-0.15, -0.1) is 0 Å². The quantitative estimate of drug-likeness (QED) is 0.856. The first kappa shape index (κ1) is 14.9. The van der Waals surface area contributed by atoms with Crippen LogP contribution in [0.2, 0.25) is 0 Å². The molecule has 2 unspecified atom stereocenters. The van der Waals surface area contributed by atoms with Gasteiger partial charge in [0, 0.05) is 30.8 Å². The minimum atomic E-state index is -0.109. The van der Waals surface area contributed by atoms with E-state index in [4.69, 9.17) is 9.84 Å². The van der Waals surface area contributed by atoms with E-state index in [9.17, 15) is 0 Å². The van der Waals surface area contributed by atoms with Crippen LogP contribution >= 0.6 is 0 Å². The fraction of sp³-hybridized carbons (Fsp3) is 0.529. The summed E-state index contributed by atoms with van der Waals surface area (Å²) in [4.78, 5) is 2.47. The number of ether oxygens (including phenoxy) is 1. The third kappa shape index (κ3) is 3.53. The van der Waals surface area contributed by atoms with Gasteiger partial charge in [-0.1, -0.05) is 25.7 Å². The van der Waals surface area contributed by atoms with Crippen LogP contribution in [0.4, 0.5) is 0 Å². The van der Waals surface area contributed by atoms with Crippen LogP contribution in [0.5, 0.6) is 5.75 Å². The molecule has 3 nitrogen and oxygen atoms in total. The predicted octanol–water partition coefficient (Wildman–Crippen LogP) is 2.13. The van der Waals surface area contributed by atoms with Crippen molar-refractivity contribution in [3.05, 3.63) is 29.3 Å². The average molecular weight is 273 g/mol. The molecule has 0 aliphatic carbocycles. The van der Waals surface area contributed by atoms with Crippen molar-refractivity contribution in [3.63, 3.8) is 0 Å². The third-order valence-electron chi connectivity index (χ3n) is 4.05. The second kappa shape index (κ2) is 6.78. The van der Waals surface area contributed by atoms with Gasteiger partial charge >= 0.3 is 0 Å². The molecule has 1 aliphatic heterocycles. The van der Waals surface area contributed by atoms with Gasteiger partial charge in [0.05, 0.1) is 7.11 Å². The molecule has 1 aromatic rings. The van der Waals surface area contributed by atoms with Crippen molar-refractivity contribution in [2.45, 2.75) is 20.4 Å². The normalized spacial score (nSPS) is 22.4. The zero-order chi connectivity index (χ0) is 14.5. The molecule has 1 N–H and O–H groups in total. The number of nitrogens with zero attached hydrogens (tertiary/aromatic N) is 1. The Bertz CT molecular complexity index is 505. The average Bonchev–Trinajstić information content (AvgIpc) is 2.75. The van der Waals surface area contributed by atoms with Crippen molar-refractivity contribution in [3.8, 4) is 17.6 Å². The number of aliphatic hydroxyl groups is 1. The molecule has 1 saturated heterocycles. The molecule has 0 saturated carbocycles. The zero-order valence-electron chi connectivity index (χ0n) is 12.5. The molecule has 2 atom stereocenters. The monoisotopic (exact) mass is 273 g/mol. The summed E-state index contributed by atoms with van der Waals surface area (Å²) in [5.74, 6) is 8.05. The van der Waals surface area contributed by atoms with Crippen LogP contribution in [-0.2, 0) is 6.54 Å². The number of benzene rings is 1. The standard InChI is InChI=1S/C17H23NO2/c1-13-10-18(11-14(13)2)12-16-9-15(5-4-8-19)6-7-17(16)20-3/h6-7,9,13-14,19H,8,10-12H2,1-3H3. The molecule has 0 radical (unpaired) electrons. The molecular formula is C17H23NO2. The lowest BCUT2D eigenvalue weighted by atomic mass is 10.0.